The van der Waals surface area contributed by atoms with E-state index in [4.69, 9.17) is 17.0 Å². The number of aromatic nitrogens is 2. The fourth-order valence-electron chi connectivity index (χ4n) is 2.09. The molecule has 0 aliphatic carbocycles. The summed E-state index contributed by atoms with van der Waals surface area (Å²) in [6.45, 7) is 8.88. The van der Waals surface area contributed by atoms with Gasteiger partial charge in [0.25, 0.3) is 0 Å². The van der Waals surface area contributed by atoms with Crippen LogP contribution in [-0.4, -0.2) is 40.1 Å². The molecule has 1 atom stereocenters. The van der Waals surface area contributed by atoms with Crippen molar-refractivity contribution in [1.29, 1.82) is 0 Å². The van der Waals surface area contributed by atoms with Crippen LogP contribution in [0.15, 0.2) is 30.3 Å². The van der Waals surface area contributed by atoms with Crippen molar-refractivity contribution in [3.05, 3.63) is 40.5 Å². The first-order valence-electron chi connectivity index (χ1n) is 7.97. The number of hydrogen-bond donors (Lipinski definition) is 3. The van der Waals surface area contributed by atoms with E-state index >= 15 is 0 Å². The molecule has 2 aromatic rings. The molecule has 6 heteroatoms. The molecule has 1 unspecified atom stereocenters. The predicted octanol–water partition coefficient (Wildman–Crippen LogP) is 3.24. The highest BCUT2D eigenvalue weighted by Crippen LogP contribution is 2.25. The van der Waals surface area contributed by atoms with Crippen LogP contribution in [0.5, 0.6) is 5.75 Å². The lowest BCUT2D eigenvalue weighted by atomic mass is 10.1. The Morgan fingerprint density at radius 1 is 1.29 bits per heavy atom. The Balaban J connectivity index is 2.03. The molecular weight excluding hydrogens is 322 g/mol. The highest BCUT2D eigenvalue weighted by atomic mass is 32.1. The topological polar surface area (TPSA) is 70.2 Å². The number of aliphatic hydroxyl groups is 1. The number of benzene rings is 1. The minimum atomic E-state index is -0.571. The summed E-state index contributed by atoms with van der Waals surface area (Å²) < 4.78 is 6.40. The van der Waals surface area contributed by atoms with Gasteiger partial charge in [0, 0.05) is 17.6 Å². The van der Waals surface area contributed by atoms with Crippen molar-refractivity contribution in [3.63, 3.8) is 0 Å². The molecule has 2 rings (SSSR count). The average Bonchev–Trinajstić information content (AvgIpc) is 2.52. The minimum Gasteiger partial charge on any atom is -0.491 e. The molecule has 0 saturated carbocycles. The number of H-pyrrole nitrogens is 1. The van der Waals surface area contributed by atoms with Crippen LogP contribution in [0, 0.1) is 11.6 Å². The van der Waals surface area contributed by atoms with Crippen LogP contribution in [0.2, 0.25) is 0 Å². The lowest BCUT2D eigenvalue weighted by Gasteiger charge is -2.23. The minimum absolute atomic E-state index is 0.0319. The van der Waals surface area contributed by atoms with Gasteiger partial charge in [-0.2, -0.15) is 5.10 Å². The van der Waals surface area contributed by atoms with Crippen molar-refractivity contribution in [2.45, 2.75) is 39.3 Å². The fraction of sp³-hybridized carbons (Fsp3) is 0.444. The molecule has 1 heterocycles. The number of rotatable bonds is 6. The van der Waals surface area contributed by atoms with E-state index in [0.29, 0.717) is 11.2 Å². The second-order valence-electron chi connectivity index (χ2n) is 6.88. The maximum Gasteiger partial charge on any atom is 0.123 e. The van der Waals surface area contributed by atoms with Crippen molar-refractivity contribution in [2.24, 2.45) is 0 Å². The summed E-state index contributed by atoms with van der Waals surface area (Å²) in [5, 5.41) is 20.3. The maximum atomic E-state index is 10.1. The van der Waals surface area contributed by atoms with Gasteiger partial charge in [-0.15, -0.1) is 0 Å². The van der Waals surface area contributed by atoms with Crippen LogP contribution in [0.4, 0.5) is 0 Å². The normalized spacial score (nSPS) is 12.9. The van der Waals surface area contributed by atoms with E-state index in [0.717, 1.165) is 22.6 Å². The molecule has 0 spiro atoms. The molecule has 0 radical (unpaired) electrons. The second-order valence-corrected chi connectivity index (χ2v) is 7.32. The Kier molecular flexibility index (Phi) is 6.10. The van der Waals surface area contributed by atoms with Gasteiger partial charge in [-0.1, -0.05) is 24.4 Å². The second kappa shape index (κ2) is 7.88. The average molecular weight is 347 g/mol. The zero-order chi connectivity index (χ0) is 17.7. The molecule has 130 valence electrons. The Hall–Kier alpha value is -1.76. The first kappa shape index (κ1) is 18.6. The van der Waals surface area contributed by atoms with Gasteiger partial charge >= 0.3 is 0 Å². The quantitative estimate of drug-likeness (QED) is 0.700. The predicted molar refractivity (Wildman–Crippen MR) is 98.9 cm³/mol. The van der Waals surface area contributed by atoms with Crippen molar-refractivity contribution in [2.75, 3.05) is 13.2 Å². The summed E-state index contributed by atoms with van der Waals surface area (Å²) >= 11 is 5.01. The van der Waals surface area contributed by atoms with Gasteiger partial charge in [0.2, 0.25) is 0 Å². The van der Waals surface area contributed by atoms with Gasteiger partial charge in [0.1, 0.15) is 23.1 Å². The van der Waals surface area contributed by atoms with E-state index in [-0.39, 0.29) is 12.1 Å². The van der Waals surface area contributed by atoms with E-state index in [1.165, 1.54) is 0 Å². The highest BCUT2D eigenvalue weighted by molar-refractivity contribution is 7.71. The Bertz CT molecular complexity index is 717. The van der Waals surface area contributed by atoms with Crippen LogP contribution in [-0.2, 0) is 0 Å². The monoisotopic (exact) mass is 347 g/mol. The number of nitrogens with one attached hydrogen (secondary N) is 2. The third kappa shape index (κ3) is 5.70. The SMILES string of the molecule is Cc1ccc(-c2ccc(=S)[nH]n2)cc1OCC(O)CNC(C)(C)C. The molecule has 1 aromatic heterocycles. The number of aryl methyl sites for hydroxylation is 1. The number of nitrogens with zero attached hydrogens (tertiary/aromatic N) is 1. The van der Waals surface area contributed by atoms with Crippen LogP contribution < -0.4 is 10.1 Å². The number of β-amino-alcohol motifs (C(OH)–C–C–N with tert-alkyl or cyclic N) is 1. The van der Waals surface area contributed by atoms with Gasteiger partial charge in [0.15, 0.2) is 0 Å². The molecule has 0 fully saturated rings. The van der Waals surface area contributed by atoms with Gasteiger partial charge in [-0.25, -0.2) is 0 Å². The molecule has 0 saturated heterocycles. The van der Waals surface area contributed by atoms with E-state index in [2.05, 4.69) is 36.3 Å². The molecule has 0 aliphatic heterocycles. The van der Waals surface area contributed by atoms with Gasteiger partial charge < -0.3 is 15.2 Å². The highest BCUT2D eigenvalue weighted by Gasteiger charge is 2.13. The maximum absolute atomic E-state index is 10.1. The molecule has 0 bridgehead atoms. The molecule has 24 heavy (non-hydrogen) atoms. The third-order valence-corrected chi connectivity index (χ3v) is 3.69. The fourth-order valence-corrected chi connectivity index (χ4v) is 2.20. The summed E-state index contributed by atoms with van der Waals surface area (Å²) in [4.78, 5) is 0. The lowest BCUT2D eigenvalue weighted by molar-refractivity contribution is 0.0997. The zero-order valence-electron chi connectivity index (χ0n) is 14.6. The lowest BCUT2D eigenvalue weighted by Crippen LogP contribution is -2.42. The number of aromatic amines is 1. The van der Waals surface area contributed by atoms with Crippen LogP contribution in [0.3, 0.4) is 0 Å². The van der Waals surface area contributed by atoms with E-state index in [9.17, 15) is 5.11 Å². The Morgan fingerprint density at radius 2 is 2.04 bits per heavy atom. The molecular formula is C18H25N3O2S. The molecule has 0 aliphatic rings. The third-order valence-electron chi connectivity index (χ3n) is 3.46. The van der Waals surface area contributed by atoms with E-state index in [1.807, 2.05) is 31.2 Å². The summed E-state index contributed by atoms with van der Waals surface area (Å²) in [5.41, 5.74) is 2.71. The van der Waals surface area contributed by atoms with Crippen LogP contribution in [0.25, 0.3) is 11.3 Å². The molecule has 5 nitrogen and oxygen atoms in total. The van der Waals surface area contributed by atoms with E-state index < -0.39 is 6.10 Å². The van der Waals surface area contributed by atoms with Crippen molar-refractivity contribution in [1.82, 2.24) is 15.5 Å². The van der Waals surface area contributed by atoms with Crippen molar-refractivity contribution < 1.29 is 9.84 Å². The standard InChI is InChI=1S/C18H25N3O2S/c1-12-5-6-13(15-7-8-17(24)21-20-15)9-16(12)23-11-14(22)10-19-18(2,3)4/h5-9,14,19,22H,10-11H2,1-4H3,(H,21,24). The molecule has 0 amide bonds. The zero-order valence-corrected chi connectivity index (χ0v) is 15.4. The number of hydrogen-bond acceptors (Lipinski definition) is 5. The first-order chi connectivity index (χ1) is 11.2. The summed E-state index contributed by atoms with van der Waals surface area (Å²) in [7, 11) is 0. The first-order valence-corrected chi connectivity index (χ1v) is 8.38. The Morgan fingerprint density at radius 3 is 2.67 bits per heavy atom. The van der Waals surface area contributed by atoms with Gasteiger partial charge in [-0.05, 0) is 51.5 Å². The van der Waals surface area contributed by atoms with Crippen LogP contribution >= 0.6 is 12.2 Å². The summed E-state index contributed by atoms with van der Waals surface area (Å²) in [5.74, 6) is 0.742. The Labute approximate surface area is 148 Å². The van der Waals surface area contributed by atoms with Crippen molar-refractivity contribution in [3.8, 4) is 17.0 Å². The largest absolute Gasteiger partial charge is 0.491 e. The molecule has 3 N–H and O–H groups in total. The van der Waals surface area contributed by atoms with E-state index in [1.54, 1.807) is 6.07 Å². The number of aliphatic hydroxyl groups excluding tert-OH is 1. The van der Waals surface area contributed by atoms with Crippen LogP contribution in [0.1, 0.15) is 26.3 Å². The van der Waals surface area contributed by atoms with Gasteiger partial charge in [-0.3, -0.25) is 5.10 Å². The number of ether oxygens (including phenoxy) is 1. The summed E-state index contributed by atoms with van der Waals surface area (Å²) in [6.07, 6.45) is -0.571. The van der Waals surface area contributed by atoms with Gasteiger partial charge in [0.05, 0.1) is 5.69 Å². The molecule has 1 aromatic carbocycles. The van der Waals surface area contributed by atoms with Crippen molar-refractivity contribution >= 4 is 12.2 Å². The summed E-state index contributed by atoms with van der Waals surface area (Å²) in [6, 6.07) is 9.57. The smallest absolute Gasteiger partial charge is 0.123 e.